The summed E-state index contributed by atoms with van der Waals surface area (Å²) in [5.74, 6) is 0.0134. The number of halogens is 1. The number of carbonyl (C=O) groups excluding carboxylic acids is 1. The highest BCUT2D eigenvalue weighted by atomic mass is 32.2. The average molecular weight is 299 g/mol. The summed E-state index contributed by atoms with van der Waals surface area (Å²) in [6.07, 6.45) is 0.826. The van der Waals surface area contributed by atoms with Crippen molar-refractivity contribution in [1.29, 1.82) is 0 Å². The fourth-order valence-electron chi connectivity index (χ4n) is 2.42. The lowest BCUT2D eigenvalue weighted by Gasteiger charge is -2.22. The molecule has 1 heterocycles. The number of hydrogen-bond donors (Lipinski definition) is 0. The van der Waals surface area contributed by atoms with Gasteiger partial charge in [-0.15, -0.1) is 0 Å². The predicted octanol–water partition coefficient (Wildman–Crippen LogP) is 1.06. The molecule has 0 aromatic heterocycles. The smallest absolute Gasteiger partial charge is 0.151 e. The maximum Gasteiger partial charge on any atom is 0.151 e. The van der Waals surface area contributed by atoms with E-state index in [0.29, 0.717) is 6.42 Å². The van der Waals surface area contributed by atoms with Gasteiger partial charge in [-0.2, -0.15) is 0 Å². The van der Waals surface area contributed by atoms with E-state index in [9.17, 15) is 17.6 Å². The van der Waals surface area contributed by atoms with Gasteiger partial charge in [-0.05, 0) is 31.2 Å². The van der Waals surface area contributed by atoms with Crippen molar-refractivity contribution in [3.63, 3.8) is 0 Å². The molecule has 20 heavy (non-hydrogen) atoms. The Kier molecular flexibility index (Phi) is 4.55. The van der Waals surface area contributed by atoms with Crippen LogP contribution in [0.15, 0.2) is 24.3 Å². The van der Waals surface area contributed by atoms with Crippen LogP contribution in [0.5, 0.6) is 0 Å². The Morgan fingerprint density at radius 1 is 1.35 bits per heavy atom. The molecule has 2 rings (SSSR count). The number of ketones is 1. The maximum absolute atomic E-state index is 12.8. The van der Waals surface area contributed by atoms with Gasteiger partial charge in [-0.3, -0.25) is 9.69 Å². The van der Waals surface area contributed by atoms with Crippen LogP contribution in [0.2, 0.25) is 0 Å². The highest BCUT2D eigenvalue weighted by Gasteiger charge is 2.31. The maximum atomic E-state index is 12.8. The number of hydrogen-bond acceptors (Lipinski definition) is 4. The molecule has 1 atom stereocenters. The molecule has 0 bridgehead atoms. The fourth-order valence-corrected chi connectivity index (χ4v) is 4.22. The van der Waals surface area contributed by atoms with Gasteiger partial charge in [-0.1, -0.05) is 12.1 Å². The molecular formula is C14H18FNO3S. The summed E-state index contributed by atoms with van der Waals surface area (Å²) in [7, 11) is -1.16. The summed E-state index contributed by atoms with van der Waals surface area (Å²) >= 11 is 0. The van der Waals surface area contributed by atoms with Gasteiger partial charge in [0.2, 0.25) is 0 Å². The van der Waals surface area contributed by atoms with Gasteiger partial charge in [0, 0.05) is 12.5 Å². The number of sulfone groups is 1. The number of nitrogens with zero attached hydrogens (tertiary/aromatic N) is 1. The van der Waals surface area contributed by atoms with Gasteiger partial charge in [0.25, 0.3) is 0 Å². The molecule has 0 amide bonds. The third-order valence-electron chi connectivity index (χ3n) is 3.57. The standard InChI is InChI=1S/C14H18FNO3S/c1-16(13-6-7-20(18,19)10-13)9-14(17)8-11-2-4-12(15)5-3-11/h2-5,13H,6-10H2,1H3. The number of carbonyl (C=O) groups is 1. The normalized spacial score (nSPS) is 21.2. The van der Waals surface area contributed by atoms with Crippen LogP contribution >= 0.6 is 0 Å². The van der Waals surface area contributed by atoms with Gasteiger partial charge in [-0.25, -0.2) is 12.8 Å². The summed E-state index contributed by atoms with van der Waals surface area (Å²) in [4.78, 5) is 13.7. The molecule has 0 saturated carbocycles. The quantitative estimate of drug-likeness (QED) is 0.816. The minimum Gasteiger partial charge on any atom is -0.298 e. The Hall–Kier alpha value is -1.27. The van der Waals surface area contributed by atoms with Crippen LogP contribution < -0.4 is 0 Å². The number of likely N-dealkylation sites (N-methyl/N-ethyl adjacent to an activating group) is 1. The number of benzene rings is 1. The van der Waals surface area contributed by atoms with E-state index < -0.39 is 9.84 Å². The predicted molar refractivity (Wildman–Crippen MR) is 74.8 cm³/mol. The highest BCUT2D eigenvalue weighted by Crippen LogP contribution is 2.16. The Morgan fingerprint density at radius 2 is 2.00 bits per heavy atom. The second-order valence-corrected chi connectivity index (χ2v) is 7.54. The van der Waals surface area contributed by atoms with E-state index in [0.717, 1.165) is 5.56 Å². The summed E-state index contributed by atoms with van der Waals surface area (Å²) in [6, 6.07) is 5.77. The Balaban J connectivity index is 1.87. The molecular weight excluding hydrogens is 281 g/mol. The van der Waals surface area contributed by atoms with Gasteiger partial charge < -0.3 is 0 Å². The molecule has 4 nitrogen and oxygen atoms in total. The lowest BCUT2D eigenvalue weighted by molar-refractivity contribution is -0.119. The van der Waals surface area contributed by atoms with Crippen molar-refractivity contribution < 1.29 is 17.6 Å². The lowest BCUT2D eigenvalue weighted by atomic mass is 10.1. The van der Waals surface area contributed by atoms with Gasteiger partial charge in [0.05, 0.1) is 18.1 Å². The van der Waals surface area contributed by atoms with Crippen LogP contribution in [0.4, 0.5) is 4.39 Å². The van der Waals surface area contributed by atoms with Crippen LogP contribution in [0, 0.1) is 5.82 Å². The highest BCUT2D eigenvalue weighted by molar-refractivity contribution is 7.91. The zero-order chi connectivity index (χ0) is 14.8. The minimum atomic E-state index is -2.93. The molecule has 0 aliphatic carbocycles. The Labute approximate surface area is 118 Å². The molecule has 0 spiro atoms. The Morgan fingerprint density at radius 3 is 2.55 bits per heavy atom. The van der Waals surface area contributed by atoms with Crippen molar-refractivity contribution in [2.75, 3.05) is 25.1 Å². The van der Waals surface area contributed by atoms with Gasteiger partial charge in [0.1, 0.15) is 5.82 Å². The first kappa shape index (κ1) is 15.1. The largest absolute Gasteiger partial charge is 0.298 e. The van der Waals surface area contributed by atoms with Crippen LogP contribution in [-0.4, -0.2) is 50.2 Å². The topological polar surface area (TPSA) is 54.5 Å². The molecule has 1 aromatic carbocycles. The van der Waals surface area contributed by atoms with Crippen molar-refractivity contribution in [3.05, 3.63) is 35.6 Å². The van der Waals surface area contributed by atoms with E-state index in [-0.39, 0.29) is 42.1 Å². The molecule has 1 aliphatic heterocycles. The van der Waals surface area contributed by atoms with E-state index in [2.05, 4.69) is 0 Å². The average Bonchev–Trinajstić information content (AvgIpc) is 2.73. The summed E-state index contributed by atoms with van der Waals surface area (Å²) in [5.41, 5.74) is 0.767. The van der Waals surface area contributed by atoms with Crippen molar-refractivity contribution in [2.24, 2.45) is 0 Å². The minimum absolute atomic E-state index is 0.00315. The molecule has 1 unspecified atom stereocenters. The first-order valence-electron chi connectivity index (χ1n) is 6.52. The van der Waals surface area contributed by atoms with Crippen molar-refractivity contribution in [3.8, 4) is 0 Å². The molecule has 1 aromatic rings. The second-order valence-electron chi connectivity index (χ2n) is 5.31. The number of Topliss-reactive ketones (excluding diaryl/α,β-unsaturated/α-hetero) is 1. The summed E-state index contributed by atoms with van der Waals surface area (Å²) in [5, 5.41) is 0. The first-order chi connectivity index (χ1) is 9.35. The molecule has 1 fully saturated rings. The molecule has 1 aliphatic rings. The van der Waals surface area contributed by atoms with Crippen LogP contribution in [-0.2, 0) is 21.1 Å². The third-order valence-corrected chi connectivity index (χ3v) is 5.32. The third kappa shape index (κ3) is 4.11. The van der Waals surface area contributed by atoms with Gasteiger partial charge in [0.15, 0.2) is 15.6 Å². The molecule has 0 N–H and O–H groups in total. The zero-order valence-corrected chi connectivity index (χ0v) is 12.2. The fraction of sp³-hybridized carbons (Fsp3) is 0.500. The molecule has 110 valence electrons. The van der Waals surface area contributed by atoms with Crippen molar-refractivity contribution in [2.45, 2.75) is 18.9 Å². The number of rotatable bonds is 5. The SMILES string of the molecule is CN(CC(=O)Cc1ccc(F)cc1)C1CCS(=O)(=O)C1. The summed E-state index contributed by atoms with van der Waals surface area (Å²) in [6.45, 7) is 0.220. The lowest BCUT2D eigenvalue weighted by Crippen LogP contribution is -2.37. The van der Waals surface area contributed by atoms with E-state index in [4.69, 9.17) is 0 Å². The van der Waals surface area contributed by atoms with Crippen molar-refractivity contribution in [1.82, 2.24) is 4.90 Å². The van der Waals surface area contributed by atoms with Crippen molar-refractivity contribution >= 4 is 15.6 Å². The van der Waals surface area contributed by atoms with Crippen LogP contribution in [0.1, 0.15) is 12.0 Å². The second kappa shape index (κ2) is 6.01. The Bertz CT molecular complexity index is 583. The van der Waals surface area contributed by atoms with E-state index in [1.54, 1.807) is 24.1 Å². The van der Waals surface area contributed by atoms with E-state index >= 15 is 0 Å². The van der Waals surface area contributed by atoms with Crippen LogP contribution in [0.25, 0.3) is 0 Å². The van der Waals surface area contributed by atoms with E-state index in [1.807, 2.05) is 0 Å². The monoisotopic (exact) mass is 299 g/mol. The summed E-state index contributed by atoms with van der Waals surface area (Å²) < 4.78 is 35.6. The van der Waals surface area contributed by atoms with E-state index in [1.165, 1.54) is 12.1 Å². The molecule has 0 radical (unpaired) electrons. The molecule has 6 heteroatoms. The zero-order valence-electron chi connectivity index (χ0n) is 11.4. The van der Waals surface area contributed by atoms with Gasteiger partial charge >= 0.3 is 0 Å². The molecule has 1 saturated heterocycles. The van der Waals surface area contributed by atoms with Crippen LogP contribution in [0.3, 0.4) is 0 Å². The first-order valence-corrected chi connectivity index (χ1v) is 8.35.